The van der Waals surface area contributed by atoms with E-state index in [4.69, 9.17) is 9.47 Å². The van der Waals surface area contributed by atoms with Crippen molar-refractivity contribution in [3.8, 4) is 5.75 Å². The quantitative estimate of drug-likeness (QED) is 0.872. The summed E-state index contributed by atoms with van der Waals surface area (Å²) in [4.78, 5) is 15.9. The molecule has 0 amide bonds. The van der Waals surface area contributed by atoms with E-state index in [1.165, 1.54) is 0 Å². The lowest BCUT2D eigenvalue weighted by Gasteiger charge is -2.13. The molecule has 2 heterocycles. The van der Waals surface area contributed by atoms with Crippen molar-refractivity contribution in [2.24, 2.45) is 0 Å². The van der Waals surface area contributed by atoms with Crippen LogP contribution in [0.4, 0.5) is 0 Å². The molecule has 1 aromatic carbocycles. The lowest BCUT2D eigenvalue weighted by atomic mass is 10.0. The minimum atomic E-state index is -0.328. The van der Waals surface area contributed by atoms with Crippen molar-refractivity contribution < 1.29 is 14.3 Å². The Morgan fingerprint density at radius 3 is 2.86 bits per heavy atom. The molecule has 4 heteroatoms. The monoisotopic (exact) mass is 287 g/mol. The molecule has 21 heavy (non-hydrogen) atoms. The molecule has 1 aliphatic heterocycles. The first-order valence-corrected chi connectivity index (χ1v) is 7.52. The highest BCUT2D eigenvalue weighted by Gasteiger charge is 2.31. The van der Waals surface area contributed by atoms with Crippen molar-refractivity contribution in [2.75, 3.05) is 0 Å². The summed E-state index contributed by atoms with van der Waals surface area (Å²) in [6.07, 6.45) is 3.40. The van der Waals surface area contributed by atoms with Gasteiger partial charge in [0.1, 0.15) is 11.9 Å². The molecule has 0 saturated carbocycles. The zero-order chi connectivity index (χ0) is 15.0. The summed E-state index contributed by atoms with van der Waals surface area (Å²) >= 11 is 0. The number of ketones is 1. The second kappa shape index (κ2) is 5.53. The van der Waals surface area contributed by atoms with Crippen LogP contribution in [0.15, 0.2) is 24.4 Å². The smallest absolute Gasteiger partial charge is 0.193 e. The number of hydrogen-bond acceptors (Lipinski definition) is 3. The van der Waals surface area contributed by atoms with Crippen LogP contribution >= 0.6 is 0 Å². The molecule has 0 aliphatic carbocycles. The molecule has 2 atom stereocenters. The van der Waals surface area contributed by atoms with Gasteiger partial charge in [0, 0.05) is 17.3 Å². The summed E-state index contributed by atoms with van der Waals surface area (Å²) in [6.45, 7) is 5.97. The van der Waals surface area contributed by atoms with Crippen LogP contribution in [0.5, 0.6) is 5.75 Å². The average Bonchev–Trinajstić information content (AvgIpc) is 3.04. The van der Waals surface area contributed by atoms with Crippen LogP contribution in [0.2, 0.25) is 0 Å². The van der Waals surface area contributed by atoms with Crippen LogP contribution in [0.3, 0.4) is 0 Å². The normalized spacial score (nSPS) is 22.1. The van der Waals surface area contributed by atoms with E-state index in [2.05, 4.69) is 4.98 Å². The van der Waals surface area contributed by atoms with Crippen molar-refractivity contribution in [1.29, 1.82) is 0 Å². The number of rotatable bonds is 4. The number of nitrogens with one attached hydrogen (secondary N) is 1. The highest BCUT2D eigenvalue weighted by Crippen LogP contribution is 2.32. The minimum absolute atomic E-state index is 0.0467. The fraction of sp³-hybridized carbons (Fsp3) is 0.471. The van der Waals surface area contributed by atoms with Gasteiger partial charge in [0.2, 0.25) is 0 Å². The van der Waals surface area contributed by atoms with E-state index in [-0.39, 0.29) is 24.1 Å². The topological polar surface area (TPSA) is 51.3 Å². The molecule has 112 valence electrons. The first kappa shape index (κ1) is 14.1. The Bertz CT molecular complexity index is 659. The summed E-state index contributed by atoms with van der Waals surface area (Å²) in [7, 11) is 0. The molecule has 4 nitrogen and oxygen atoms in total. The fourth-order valence-corrected chi connectivity index (χ4v) is 2.87. The van der Waals surface area contributed by atoms with E-state index < -0.39 is 0 Å². The summed E-state index contributed by atoms with van der Waals surface area (Å²) in [5.74, 6) is 0.795. The third-order valence-corrected chi connectivity index (χ3v) is 3.82. The molecule has 2 aromatic rings. The number of Topliss-reactive ketones (excluding diaryl/α,β-unsaturated/α-hetero) is 1. The number of ether oxygens (including phenoxy) is 2. The SMILES string of the molecule is CC(C)Oc1cccc2[nH]cc(C(=O)C3CCC(C)O3)c12. The van der Waals surface area contributed by atoms with E-state index in [1.54, 1.807) is 6.20 Å². The van der Waals surface area contributed by atoms with Gasteiger partial charge in [0.15, 0.2) is 5.78 Å². The number of hydrogen-bond donors (Lipinski definition) is 1. The number of H-pyrrole nitrogens is 1. The van der Waals surface area contributed by atoms with Gasteiger partial charge in [0.05, 0.1) is 17.6 Å². The maximum absolute atomic E-state index is 12.7. The van der Waals surface area contributed by atoms with E-state index in [9.17, 15) is 4.79 Å². The van der Waals surface area contributed by atoms with E-state index in [1.807, 2.05) is 39.0 Å². The Hall–Kier alpha value is -1.81. The molecule has 0 radical (unpaired) electrons. The average molecular weight is 287 g/mol. The molecule has 0 bridgehead atoms. The van der Waals surface area contributed by atoms with Gasteiger partial charge in [-0.25, -0.2) is 0 Å². The number of aromatic amines is 1. The summed E-state index contributed by atoms with van der Waals surface area (Å²) in [5.41, 5.74) is 1.59. The van der Waals surface area contributed by atoms with Crippen molar-refractivity contribution in [2.45, 2.75) is 51.9 Å². The predicted molar refractivity (Wildman–Crippen MR) is 82.0 cm³/mol. The van der Waals surface area contributed by atoms with Crippen LogP contribution in [0.25, 0.3) is 10.9 Å². The van der Waals surface area contributed by atoms with Crippen molar-refractivity contribution in [3.63, 3.8) is 0 Å². The van der Waals surface area contributed by atoms with Gasteiger partial charge in [-0.1, -0.05) is 6.07 Å². The first-order chi connectivity index (χ1) is 10.1. The van der Waals surface area contributed by atoms with E-state index in [0.29, 0.717) is 5.56 Å². The van der Waals surface area contributed by atoms with Crippen LogP contribution in [-0.4, -0.2) is 29.1 Å². The molecule has 1 fully saturated rings. The lowest BCUT2D eigenvalue weighted by molar-refractivity contribution is 0.0434. The largest absolute Gasteiger partial charge is 0.490 e. The van der Waals surface area contributed by atoms with Gasteiger partial charge in [-0.3, -0.25) is 4.79 Å². The van der Waals surface area contributed by atoms with Gasteiger partial charge >= 0.3 is 0 Å². The third kappa shape index (κ3) is 2.68. The van der Waals surface area contributed by atoms with Gasteiger partial charge < -0.3 is 14.5 Å². The van der Waals surface area contributed by atoms with E-state index in [0.717, 1.165) is 29.5 Å². The number of carbonyl (C=O) groups is 1. The molecule has 1 saturated heterocycles. The maximum atomic E-state index is 12.7. The Kier molecular flexibility index (Phi) is 3.72. The molecule has 1 aliphatic rings. The molecular weight excluding hydrogens is 266 g/mol. The zero-order valence-electron chi connectivity index (χ0n) is 12.7. The Morgan fingerprint density at radius 2 is 2.19 bits per heavy atom. The van der Waals surface area contributed by atoms with Crippen LogP contribution in [0.1, 0.15) is 44.0 Å². The number of carbonyl (C=O) groups excluding carboxylic acids is 1. The van der Waals surface area contributed by atoms with Gasteiger partial charge in [-0.15, -0.1) is 0 Å². The highest BCUT2D eigenvalue weighted by atomic mass is 16.5. The fourth-order valence-electron chi connectivity index (χ4n) is 2.87. The molecule has 3 rings (SSSR count). The number of fused-ring (bicyclic) bond motifs is 1. The van der Waals surface area contributed by atoms with Crippen LogP contribution < -0.4 is 4.74 Å². The number of benzene rings is 1. The predicted octanol–water partition coefficient (Wildman–Crippen LogP) is 3.71. The second-order valence-electron chi connectivity index (χ2n) is 5.92. The minimum Gasteiger partial charge on any atom is -0.490 e. The Balaban J connectivity index is 2.00. The second-order valence-corrected chi connectivity index (χ2v) is 5.92. The van der Waals surface area contributed by atoms with Gasteiger partial charge in [0.25, 0.3) is 0 Å². The van der Waals surface area contributed by atoms with Crippen LogP contribution in [0, 0.1) is 0 Å². The van der Waals surface area contributed by atoms with E-state index >= 15 is 0 Å². The molecule has 1 aromatic heterocycles. The summed E-state index contributed by atoms with van der Waals surface area (Å²) in [5, 5.41) is 0.861. The van der Waals surface area contributed by atoms with Crippen LogP contribution in [-0.2, 0) is 4.74 Å². The summed E-state index contributed by atoms with van der Waals surface area (Å²) < 4.78 is 11.6. The summed E-state index contributed by atoms with van der Waals surface area (Å²) in [6, 6.07) is 5.79. The lowest BCUT2D eigenvalue weighted by Crippen LogP contribution is -2.20. The molecule has 2 unspecified atom stereocenters. The molecule has 0 spiro atoms. The van der Waals surface area contributed by atoms with Crippen molar-refractivity contribution in [3.05, 3.63) is 30.0 Å². The first-order valence-electron chi connectivity index (χ1n) is 7.52. The molecular formula is C17H21NO3. The van der Waals surface area contributed by atoms with Crippen molar-refractivity contribution in [1.82, 2.24) is 4.98 Å². The Morgan fingerprint density at radius 1 is 1.38 bits per heavy atom. The molecule has 1 N–H and O–H groups in total. The van der Waals surface area contributed by atoms with Gasteiger partial charge in [-0.2, -0.15) is 0 Å². The third-order valence-electron chi connectivity index (χ3n) is 3.82. The highest BCUT2D eigenvalue weighted by molar-refractivity contribution is 6.11. The maximum Gasteiger partial charge on any atom is 0.193 e. The van der Waals surface area contributed by atoms with Crippen molar-refractivity contribution >= 4 is 16.7 Å². The number of aromatic nitrogens is 1. The Labute approximate surface area is 124 Å². The zero-order valence-corrected chi connectivity index (χ0v) is 12.7. The van der Waals surface area contributed by atoms with Gasteiger partial charge in [-0.05, 0) is 45.7 Å². The standard InChI is InChI=1S/C17H21NO3/c1-10(2)20-14-6-4-5-13-16(14)12(9-18-13)17(19)15-8-7-11(3)21-15/h4-6,9-11,15,18H,7-8H2,1-3H3.